The highest BCUT2D eigenvalue weighted by Crippen LogP contribution is 2.31. The van der Waals surface area contributed by atoms with Gasteiger partial charge in [-0.05, 0) is 56.2 Å². The molecule has 1 aliphatic rings. The number of hydrogen-bond donors (Lipinski definition) is 1. The smallest absolute Gasteiger partial charge is 0.271 e. The zero-order valence-electron chi connectivity index (χ0n) is 16.3. The number of nitrogens with one attached hydrogen (secondary N) is 1. The molecule has 2 aromatic rings. The van der Waals surface area contributed by atoms with Crippen molar-refractivity contribution in [3.05, 3.63) is 57.9 Å². The normalized spacial score (nSPS) is 13.9. The van der Waals surface area contributed by atoms with Crippen molar-refractivity contribution in [2.45, 2.75) is 66.0 Å². The molecule has 0 bridgehead atoms. The summed E-state index contributed by atoms with van der Waals surface area (Å²) in [6.07, 6.45) is 2.10. The molecule has 1 saturated carbocycles. The second kappa shape index (κ2) is 7.10. The van der Waals surface area contributed by atoms with Gasteiger partial charge < -0.3 is 9.88 Å². The van der Waals surface area contributed by atoms with Gasteiger partial charge in [-0.2, -0.15) is 0 Å². The van der Waals surface area contributed by atoms with Gasteiger partial charge in [-0.3, -0.25) is 9.59 Å². The number of nitrogens with zero attached hydrogens (tertiary/aromatic N) is 1. The highest BCUT2D eigenvalue weighted by Gasteiger charge is 2.35. The number of aromatic amines is 1. The van der Waals surface area contributed by atoms with Crippen LogP contribution in [0.4, 0.5) is 0 Å². The van der Waals surface area contributed by atoms with Crippen molar-refractivity contribution in [3.8, 4) is 0 Å². The van der Waals surface area contributed by atoms with E-state index < -0.39 is 0 Å². The van der Waals surface area contributed by atoms with Crippen LogP contribution in [0.15, 0.2) is 24.3 Å². The van der Waals surface area contributed by atoms with Crippen molar-refractivity contribution in [1.82, 2.24) is 9.88 Å². The van der Waals surface area contributed by atoms with E-state index in [1.165, 1.54) is 5.56 Å². The fourth-order valence-corrected chi connectivity index (χ4v) is 3.59. The SMILES string of the molecule is CC(=O)c1c(C)[nH]c(C(=O)N(Cc2ccc(C(C)C)cc2)C2CC2)c1C. The molecule has 1 aliphatic carbocycles. The highest BCUT2D eigenvalue weighted by atomic mass is 16.2. The van der Waals surface area contributed by atoms with Gasteiger partial charge in [0.2, 0.25) is 0 Å². The predicted molar refractivity (Wildman–Crippen MR) is 104 cm³/mol. The van der Waals surface area contributed by atoms with E-state index in [1.54, 1.807) is 6.92 Å². The quantitative estimate of drug-likeness (QED) is 0.762. The minimum absolute atomic E-state index is 0.00227. The van der Waals surface area contributed by atoms with Crippen LogP contribution in [0.25, 0.3) is 0 Å². The molecule has 3 rings (SSSR count). The number of hydrogen-bond acceptors (Lipinski definition) is 2. The van der Waals surface area contributed by atoms with Crippen LogP contribution in [-0.2, 0) is 6.54 Å². The molecule has 1 amide bonds. The molecule has 0 spiro atoms. The summed E-state index contributed by atoms with van der Waals surface area (Å²) in [5.74, 6) is 0.492. The van der Waals surface area contributed by atoms with Crippen LogP contribution < -0.4 is 0 Å². The van der Waals surface area contributed by atoms with Crippen molar-refractivity contribution in [2.24, 2.45) is 0 Å². The third-order valence-corrected chi connectivity index (χ3v) is 5.25. The predicted octanol–water partition coefficient (Wildman–Crippen LogP) is 4.76. The number of carbonyl (C=O) groups is 2. The Morgan fingerprint density at radius 1 is 1.15 bits per heavy atom. The number of H-pyrrole nitrogens is 1. The Bertz CT molecular complexity index is 827. The van der Waals surface area contributed by atoms with E-state index >= 15 is 0 Å². The number of ketones is 1. The molecule has 0 atom stereocenters. The van der Waals surface area contributed by atoms with Gasteiger partial charge in [0, 0.05) is 23.8 Å². The van der Waals surface area contributed by atoms with Crippen LogP contribution in [0, 0.1) is 13.8 Å². The summed E-state index contributed by atoms with van der Waals surface area (Å²) in [6, 6.07) is 8.83. The summed E-state index contributed by atoms with van der Waals surface area (Å²) < 4.78 is 0. The lowest BCUT2D eigenvalue weighted by Gasteiger charge is -2.23. The summed E-state index contributed by atoms with van der Waals surface area (Å²) >= 11 is 0. The van der Waals surface area contributed by atoms with E-state index in [0.717, 1.165) is 29.7 Å². The van der Waals surface area contributed by atoms with Gasteiger partial charge in [-0.15, -0.1) is 0 Å². The van der Waals surface area contributed by atoms with Crippen LogP contribution >= 0.6 is 0 Å². The summed E-state index contributed by atoms with van der Waals surface area (Å²) in [7, 11) is 0. The molecule has 0 aliphatic heterocycles. The Hall–Kier alpha value is -2.36. The summed E-state index contributed by atoms with van der Waals surface area (Å²) in [5, 5.41) is 0. The van der Waals surface area contributed by atoms with Crippen molar-refractivity contribution < 1.29 is 9.59 Å². The number of rotatable bonds is 6. The van der Waals surface area contributed by atoms with Gasteiger partial charge in [-0.1, -0.05) is 38.1 Å². The molecule has 4 heteroatoms. The number of aryl methyl sites for hydroxylation is 1. The lowest BCUT2D eigenvalue weighted by Crippen LogP contribution is -2.33. The molecule has 138 valence electrons. The summed E-state index contributed by atoms with van der Waals surface area (Å²) in [6.45, 7) is 10.2. The molecule has 26 heavy (non-hydrogen) atoms. The lowest BCUT2D eigenvalue weighted by atomic mass is 10.0. The number of carbonyl (C=O) groups excluding carboxylic acids is 2. The summed E-state index contributed by atoms with van der Waals surface area (Å²) in [5.41, 5.74) is 5.18. The molecule has 0 saturated heterocycles. The van der Waals surface area contributed by atoms with Crippen LogP contribution in [0.3, 0.4) is 0 Å². The third-order valence-electron chi connectivity index (χ3n) is 5.25. The topological polar surface area (TPSA) is 53.2 Å². The first-order valence-electron chi connectivity index (χ1n) is 9.39. The standard InChI is InChI=1S/C22H28N2O2/c1-13(2)18-8-6-17(7-9-18)12-24(19-10-11-19)22(26)21-14(3)20(16(5)25)15(4)23-21/h6-9,13,19,23H,10-12H2,1-5H3. The van der Waals surface area contributed by atoms with Crippen molar-refractivity contribution in [1.29, 1.82) is 0 Å². The molecular formula is C22H28N2O2. The maximum absolute atomic E-state index is 13.2. The van der Waals surface area contributed by atoms with E-state index in [0.29, 0.717) is 29.8 Å². The monoisotopic (exact) mass is 352 g/mol. The van der Waals surface area contributed by atoms with Crippen molar-refractivity contribution >= 4 is 11.7 Å². The van der Waals surface area contributed by atoms with Gasteiger partial charge in [0.05, 0.1) is 0 Å². The summed E-state index contributed by atoms with van der Waals surface area (Å²) in [4.78, 5) is 30.2. The fourth-order valence-electron chi connectivity index (χ4n) is 3.59. The first kappa shape index (κ1) is 18.4. The average Bonchev–Trinajstić information content (AvgIpc) is 3.37. The van der Waals surface area contributed by atoms with Crippen molar-refractivity contribution in [3.63, 3.8) is 0 Å². The molecule has 0 radical (unpaired) electrons. The lowest BCUT2D eigenvalue weighted by molar-refractivity contribution is 0.0723. The first-order valence-corrected chi connectivity index (χ1v) is 9.39. The molecule has 1 fully saturated rings. The molecule has 1 N–H and O–H groups in total. The van der Waals surface area contributed by atoms with Crippen molar-refractivity contribution in [2.75, 3.05) is 0 Å². The Kier molecular flexibility index (Phi) is 5.03. The zero-order chi connectivity index (χ0) is 19.0. The maximum Gasteiger partial charge on any atom is 0.271 e. The third kappa shape index (κ3) is 3.59. The second-order valence-electron chi connectivity index (χ2n) is 7.74. The average molecular weight is 352 g/mol. The Morgan fingerprint density at radius 2 is 1.77 bits per heavy atom. The molecule has 1 aromatic heterocycles. The van der Waals surface area contributed by atoms with Gasteiger partial charge in [-0.25, -0.2) is 0 Å². The fraction of sp³-hybridized carbons (Fsp3) is 0.455. The van der Waals surface area contributed by atoms with Crippen LogP contribution in [0.5, 0.6) is 0 Å². The maximum atomic E-state index is 13.2. The van der Waals surface area contributed by atoms with E-state index in [2.05, 4.69) is 43.1 Å². The van der Waals surface area contributed by atoms with Gasteiger partial charge in [0.15, 0.2) is 5.78 Å². The number of Topliss-reactive ketones (excluding diaryl/α,β-unsaturated/α-hetero) is 1. The first-order chi connectivity index (χ1) is 12.3. The Morgan fingerprint density at radius 3 is 2.23 bits per heavy atom. The molecule has 4 nitrogen and oxygen atoms in total. The van der Waals surface area contributed by atoms with Gasteiger partial charge in [0.25, 0.3) is 5.91 Å². The van der Waals surface area contributed by atoms with Crippen LogP contribution in [0.1, 0.15) is 82.8 Å². The van der Waals surface area contributed by atoms with E-state index in [4.69, 9.17) is 0 Å². The Balaban J connectivity index is 1.85. The van der Waals surface area contributed by atoms with Crippen LogP contribution in [0.2, 0.25) is 0 Å². The second-order valence-corrected chi connectivity index (χ2v) is 7.74. The van der Waals surface area contributed by atoms with Gasteiger partial charge in [0.1, 0.15) is 5.69 Å². The van der Waals surface area contributed by atoms with E-state index in [-0.39, 0.29) is 11.7 Å². The zero-order valence-corrected chi connectivity index (χ0v) is 16.3. The largest absolute Gasteiger partial charge is 0.354 e. The highest BCUT2D eigenvalue weighted by molar-refractivity contribution is 6.02. The minimum Gasteiger partial charge on any atom is -0.354 e. The minimum atomic E-state index is -0.00599. The molecule has 1 aromatic carbocycles. The van der Waals surface area contributed by atoms with E-state index in [1.807, 2.05) is 18.7 Å². The van der Waals surface area contributed by atoms with Crippen LogP contribution in [-0.4, -0.2) is 27.6 Å². The van der Waals surface area contributed by atoms with Gasteiger partial charge >= 0.3 is 0 Å². The Labute approximate surface area is 155 Å². The number of benzene rings is 1. The molecule has 1 heterocycles. The molecular weight excluding hydrogens is 324 g/mol. The molecule has 0 unspecified atom stereocenters. The van der Waals surface area contributed by atoms with E-state index in [9.17, 15) is 9.59 Å². The number of amides is 1. The number of aromatic nitrogens is 1.